The van der Waals surface area contributed by atoms with Crippen LogP contribution in [0.4, 0.5) is 8.78 Å². The van der Waals surface area contributed by atoms with Crippen molar-refractivity contribution in [3.63, 3.8) is 0 Å². The van der Waals surface area contributed by atoms with Gasteiger partial charge in [-0.25, -0.2) is 27.2 Å². The summed E-state index contributed by atoms with van der Waals surface area (Å²) >= 11 is 0. The van der Waals surface area contributed by atoms with Crippen molar-refractivity contribution in [2.75, 3.05) is 20.2 Å². The van der Waals surface area contributed by atoms with Crippen LogP contribution >= 0.6 is 0 Å². The standard InChI is InChI=1S/C16H17F2N3O4S/c1-24-14-5-4-11(17)7-15(14)26(22,23)21-6-2-3-13(10-21)25-16-19-8-12(18)9-20-16/h4-5,7-9,13H,2-3,6,10H2,1H3. The summed E-state index contributed by atoms with van der Waals surface area (Å²) in [6, 6.07) is 3.30. The Morgan fingerprint density at radius 2 is 1.92 bits per heavy atom. The summed E-state index contributed by atoms with van der Waals surface area (Å²) in [5, 5.41) is 0. The van der Waals surface area contributed by atoms with Crippen LogP contribution in [0.15, 0.2) is 35.5 Å². The van der Waals surface area contributed by atoms with Crippen LogP contribution in [0, 0.1) is 11.6 Å². The van der Waals surface area contributed by atoms with Gasteiger partial charge in [0.05, 0.1) is 26.0 Å². The summed E-state index contributed by atoms with van der Waals surface area (Å²) in [7, 11) is -2.65. The van der Waals surface area contributed by atoms with Gasteiger partial charge < -0.3 is 9.47 Å². The minimum atomic E-state index is -3.97. The average Bonchev–Trinajstić information content (AvgIpc) is 2.64. The van der Waals surface area contributed by atoms with E-state index < -0.39 is 27.8 Å². The van der Waals surface area contributed by atoms with Gasteiger partial charge in [-0.05, 0) is 31.0 Å². The lowest BCUT2D eigenvalue weighted by Crippen LogP contribution is -2.44. The molecular formula is C16H17F2N3O4S. The highest BCUT2D eigenvalue weighted by Gasteiger charge is 2.33. The molecule has 0 amide bonds. The van der Waals surface area contributed by atoms with Gasteiger partial charge in [0.25, 0.3) is 0 Å². The van der Waals surface area contributed by atoms with Crippen LogP contribution in [0.5, 0.6) is 11.8 Å². The van der Waals surface area contributed by atoms with Gasteiger partial charge in [-0.2, -0.15) is 4.31 Å². The third-order valence-electron chi connectivity index (χ3n) is 3.95. The van der Waals surface area contributed by atoms with Crippen LogP contribution in [0.25, 0.3) is 0 Å². The normalized spacial score (nSPS) is 18.5. The lowest BCUT2D eigenvalue weighted by atomic mass is 10.1. The van der Waals surface area contributed by atoms with E-state index in [0.717, 1.165) is 24.5 Å². The number of benzene rings is 1. The summed E-state index contributed by atoms with van der Waals surface area (Å²) in [5.74, 6) is -1.20. The molecule has 3 rings (SSSR count). The maximum absolute atomic E-state index is 13.6. The molecule has 1 saturated heterocycles. The summed E-state index contributed by atoms with van der Waals surface area (Å²) in [5.41, 5.74) is 0. The number of piperidine rings is 1. The first-order valence-electron chi connectivity index (χ1n) is 7.88. The zero-order valence-corrected chi connectivity index (χ0v) is 14.7. The van der Waals surface area contributed by atoms with Crippen molar-refractivity contribution >= 4 is 10.0 Å². The van der Waals surface area contributed by atoms with Crippen LogP contribution in [-0.2, 0) is 10.0 Å². The molecule has 1 aliphatic heterocycles. The predicted molar refractivity (Wildman–Crippen MR) is 87.4 cm³/mol. The van der Waals surface area contributed by atoms with Gasteiger partial charge in [0.2, 0.25) is 10.0 Å². The number of halogens is 2. The number of ether oxygens (including phenoxy) is 2. The molecule has 10 heteroatoms. The fraction of sp³-hybridized carbons (Fsp3) is 0.375. The number of nitrogens with zero attached hydrogens (tertiary/aromatic N) is 3. The molecule has 0 spiro atoms. The average molecular weight is 385 g/mol. The Hall–Kier alpha value is -2.33. The molecule has 1 aromatic heterocycles. The lowest BCUT2D eigenvalue weighted by molar-refractivity contribution is 0.118. The van der Waals surface area contributed by atoms with Crippen molar-refractivity contribution in [2.24, 2.45) is 0 Å². The highest BCUT2D eigenvalue weighted by Crippen LogP contribution is 2.29. The molecule has 0 saturated carbocycles. The lowest BCUT2D eigenvalue weighted by Gasteiger charge is -2.31. The molecule has 7 nitrogen and oxygen atoms in total. The Morgan fingerprint density at radius 1 is 1.19 bits per heavy atom. The van der Waals surface area contributed by atoms with E-state index in [0.29, 0.717) is 12.8 Å². The maximum Gasteiger partial charge on any atom is 0.316 e. The fourth-order valence-corrected chi connectivity index (χ4v) is 4.40. The van der Waals surface area contributed by atoms with Crippen molar-refractivity contribution in [3.05, 3.63) is 42.2 Å². The first-order valence-corrected chi connectivity index (χ1v) is 9.32. The van der Waals surface area contributed by atoms with Gasteiger partial charge in [-0.15, -0.1) is 0 Å². The maximum atomic E-state index is 13.6. The molecule has 0 aliphatic carbocycles. The summed E-state index contributed by atoms with van der Waals surface area (Å²) < 4.78 is 64.1. The zero-order chi connectivity index (χ0) is 18.7. The van der Waals surface area contributed by atoms with Crippen molar-refractivity contribution in [1.82, 2.24) is 14.3 Å². The quantitative estimate of drug-likeness (QED) is 0.783. The molecule has 2 aromatic rings. The number of rotatable bonds is 5. The van der Waals surface area contributed by atoms with E-state index in [1.165, 1.54) is 17.5 Å². The van der Waals surface area contributed by atoms with E-state index >= 15 is 0 Å². The Kier molecular flexibility index (Phi) is 5.33. The highest BCUT2D eigenvalue weighted by molar-refractivity contribution is 7.89. The number of aromatic nitrogens is 2. The number of hydrogen-bond acceptors (Lipinski definition) is 6. The van der Waals surface area contributed by atoms with Crippen LogP contribution < -0.4 is 9.47 Å². The Balaban J connectivity index is 1.80. The number of hydrogen-bond donors (Lipinski definition) is 0. The predicted octanol–water partition coefficient (Wildman–Crippen LogP) is 2.00. The molecule has 2 heterocycles. The molecule has 1 fully saturated rings. The largest absolute Gasteiger partial charge is 0.495 e. The number of methoxy groups -OCH3 is 1. The van der Waals surface area contributed by atoms with E-state index in [4.69, 9.17) is 9.47 Å². The highest BCUT2D eigenvalue weighted by atomic mass is 32.2. The first kappa shape index (κ1) is 18.5. The molecule has 0 bridgehead atoms. The molecule has 26 heavy (non-hydrogen) atoms. The third kappa shape index (κ3) is 3.91. The molecule has 0 radical (unpaired) electrons. The van der Waals surface area contributed by atoms with Crippen molar-refractivity contribution in [1.29, 1.82) is 0 Å². The molecule has 140 valence electrons. The van der Waals surface area contributed by atoms with Crippen molar-refractivity contribution in [3.8, 4) is 11.8 Å². The SMILES string of the molecule is COc1ccc(F)cc1S(=O)(=O)N1CCCC(Oc2ncc(F)cn2)C1. The second-order valence-electron chi connectivity index (χ2n) is 5.72. The van der Waals surface area contributed by atoms with Crippen molar-refractivity contribution in [2.45, 2.75) is 23.8 Å². The van der Waals surface area contributed by atoms with Crippen LogP contribution in [0.2, 0.25) is 0 Å². The van der Waals surface area contributed by atoms with E-state index in [9.17, 15) is 17.2 Å². The minimum absolute atomic E-state index is 0.0287. The smallest absolute Gasteiger partial charge is 0.316 e. The second kappa shape index (κ2) is 7.50. The van der Waals surface area contributed by atoms with E-state index in [2.05, 4.69) is 9.97 Å². The summed E-state index contributed by atoms with van der Waals surface area (Å²) in [4.78, 5) is 7.18. The topological polar surface area (TPSA) is 81.6 Å². The van der Waals surface area contributed by atoms with Gasteiger partial charge >= 0.3 is 6.01 Å². The van der Waals surface area contributed by atoms with Gasteiger partial charge in [-0.1, -0.05) is 0 Å². The monoisotopic (exact) mass is 385 g/mol. The third-order valence-corrected chi connectivity index (χ3v) is 5.84. The van der Waals surface area contributed by atoms with Gasteiger partial charge in [0, 0.05) is 6.54 Å². The van der Waals surface area contributed by atoms with Gasteiger partial charge in [0.15, 0.2) is 5.82 Å². The fourth-order valence-electron chi connectivity index (χ4n) is 2.72. The first-order chi connectivity index (χ1) is 12.4. The molecule has 1 atom stereocenters. The van der Waals surface area contributed by atoms with Crippen LogP contribution in [0.3, 0.4) is 0 Å². The Labute approximate surface area is 149 Å². The second-order valence-corrected chi connectivity index (χ2v) is 7.63. The number of sulfonamides is 1. The molecule has 0 N–H and O–H groups in total. The van der Waals surface area contributed by atoms with E-state index in [1.807, 2.05) is 0 Å². The minimum Gasteiger partial charge on any atom is -0.495 e. The molecule has 1 aromatic carbocycles. The summed E-state index contributed by atoms with van der Waals surface area (Å²) in [6.45, 7) is 0.314. The summed E-state index contributed by atoms with van der Waals surface area (Å²) in [6.07, 6.45) is 2.58. The molecule has 1 unspecified atom stereocenters. The van der Waals surface area contributed by atoms with E-state index in [1.54, 1.807) is 0 Å². The van der Waals surface area contributed by atoms with Crippen LogP contribution in [-0.4, -0.2) is 49.0 Å². The van der Waals surface area contributed by atoms with Gasteiger partial charge in [0.1, 0.15) is 22.6 Å². The zero-order valence-electron chi connectivity index (χ0n) is 13.9. The van der Waals surface area contributed by atoms with Gasteiger partial charge in [-0.3, -0.25) is 0 Å². The Bertz CT molecular complexity index is 878. The van der Waals surface area contributed by atoms with Crippen molar-refractivity contribution < 1.29 is 26.7 Å². The van der Waals surface area contributed by atoms with Crippen LogP contribution in [0.1, 0.15) is 12.8 Å². The van der Waals surface area contributed by atoms with E-state index in [-0.39, 0.29) is 29.7 Å². The molecule has 1 aliphatic rings. The molecular weight excluding hydrogens is 368 g/mol. The Morgan fingerprint density at radius 3 is 2.62 bits per heavy atom.